The standard InChI is InChI=1S/C19H16BrN3O2/c1-10-5-6-21-18(22-10)14-8-13(14)17-9-15(19(24)25-2)12-4-3-11(20)7-16(12)23-17/h3-7,9,13-14H,8H2,1-2H3/t13-,14-/m0/s1. The van der Waals surface area contributed by atoms with Gasteiger partial charge in [0.2, 0.25) is 0 Å². The molecule has 2 atom stereocenters. The molecule has 0 spiro atoms. The molecule has 1 aromatic carbocycles. The highest BCUT2D eigenvalue weighted by molar-refractivity contribution is 9.10. The van der Waals surface area contributed by atoms with E-state index in [4.69, 9.17) is 9.72 Å². The van der Waals surface area contributed by atoms with Crippen molar-refractivity contribution in [3.05, 3.63) is 63.8 Å². The average Bonchev–Trinajstić information content (AvgIpc) is 3.40. The third kappa shape index (κ3) is 3.02. The van der Waals surface area contributed by atoms with E-state index < -0.39 is 0 Å². The number of benzene rings is 1. The molecule has 25 heavy (non-hydrogen) atoms. The number of nitrogens with zero attached hydrogens (tertiary/aromatic N) is 3. The number of aromatic nitrogens is 3. The van der Waals surface area contributed by atoms with Gasteiger partial charge in [-0.2, -0.15) is 0 Å². The van der Waals surface area contributed by atoms with Gasteiger partial charge in [-0.1, -0.05) is 22.0 Å². The van der Waals surface area contributed by atoms with Crippen molar-refractivity contribution >= 4 is 32.8 Å². The molecule has 2 aromatic heterocycles. The topological polar surface area (TPSA) is 65.0 Å². The molecule has 1 fully saturated rings. The van der Waals surface area contributed by atoms with Crippen LogP contribution in [0, 0.1) is 6.92 Å². The van der Waals surface area contributed by atoms with E-state index in [1.807, 2.05) is 37.3 Å². The van der Waals surface area contributed by atoms with Crippen LogP contribution in [-0.2, 0) is 4.74 Å². The summed E-state index contributed by atoms with van der Waals surface area (Å²) in [6.45, 7) is 1.96. The van der Waals surface area contributed by atoms with E-state index in [0.717, 1.165) is 39.0 Å². The molecule has 0 amide bonds. The predicted molar refractivity (Wildman–Crippen MR) is 97.7 cm³/mol. The Morgan fingerprint density at radius 2 is 2.04 bits per heavy atom. The minimum Gasteiger partial charge on any atom is -0.465 e. The van der Waals surface area contributed by atoms with E-state index in [1.165, 1.54) is 7.11 Å². The molecule has 1 aliphatic rings. The maximum absolute atomic E-state index is 12.2. The van der Waals surface area contributed by atoms with Crippen molar-refractivity contribution in [3.63, 3.8) is 0 Å². The van der Waals surface area contributed by atoms with Gasteiger partial charge in [0.25, 0.3) is 0 Å². The molecule has 5 nitrogen and oxygen atoms in total. The summed E-state index contributed by atoms with van der Waals surface area (Å²) < 4.78 is 5.88. The first kappa shape index (κ1) is 16.1. The molecule has 0 unspecified atom stereocenters. The van der Waals surface area contributed by atoms with Crippen LogP contribution in [0.25, 0.3) is 10.9 Å². The molecule has 2 heterocycles. The molecule has 1 saturated carbocycles. The highest BCUT2D eigenvalue weighted by atomic mass is 79.9. The Bertz CT molecular complexity index is 990. The number of ether oxygens (including phenoxy) is 1. The zero-order valence-electron chi connectivity index (χ0n) is 13.9. The number of aryl methyl sites for hydroxylation is 1. The lowest BCUT2D eigenvalue weighted by atomic mass is 10.1. The van der Waals surface area contributed by atoms with Crippen molar-refractivity contribution < 1.29 is 9.53 Å². The average molecular weight is 398 g/mol. The Balaban J connectivity index is 1.77. The van der Waals surface area contributed by atoms with Gasteiger partial charge in [0.1, 0.15) is 5.82 Å². The molecule has 0 aliphatic heterocycles. The zero-order valence-corrected chi connectivity index (χ0v) is 15.4. The Morgan fingerprint density at radius 1 is 1.20 bits per heavy atom. The summed E-state index contributed by atoms with van der Waals surface area (Å²) in [5.74, 6) is 0.983. The molecule has 0 bridgehead atoms. The first-order chi connectivity index (χ1) is 12.1. The molecule has 0 N–H and O–H groups in total. The Morgan fingerprint density at radius 3 is 2.80 bits per heavy atom. The van der Waals surface area contributed by atoms with Crippen molar-refractivity contribution in [3.8, 4) is 0 Å². The molecular weight excluding hydrogens is 382 g/mol. The van der Waals surface area contributed by atoms with Gasteiger partial charge >= 0.3 is 5.97 Å². The van der Waals surface area contributed by atoms with Gasteiger partial charge in [0, 0.05) is 39.3 Å². The number of hydrogen-bond donors (Lipinski definition) is 0. The largest absolute Gasteiger partial charge is 0.465 e. The lowest BCUT2D eigenvalue weighted by molar-refractivity contribution is 0.0603. The number of rotatable bonds is 3. The Kier molecular flexibility index (Phi) is 4.00. The number of methoxy groups -OCH3 is 1. The van der Waals surface area contributed by atoms with E-state index >= 15 is 0 Å². The summed E-state index contributed by atoms with van der Waals surface area (Å²) in [4.78, 5) is 25.9. The first-order valence-corrected chi connectivity index (χ1v) is 8.84. The second kappa shape index (κ2) is 6.19. The number of halogens is 1. The van der Waals surface area contributed by atoms with E-state index in [1.54, 1.807) is 6.20 Å². The van der Waals surface area contributed by atoms with Crippen LogP contribution in [-0.4, -0.2) is 28.0 Å². The van der Waals surface area contributed by atoms with Gasteiger partial charge in [-0.05, 0) is 37.6 Å². The molecule has 126 valence electrons. The van der Waals surface area contributed by atoms with Crippen molar-refractivity contribution in [2.75, 3.05) is 7.11 Å². The minimum absolute atomic E-state index is 0.230. The molecule has 3 aromatic rings. The van der Waals surface area contributed by atoms with Crippen LogP contribution in [0.15, 0.2) is 41.0 Å². The summed E-state index contributed by atoms with van der Waals surface area (Å²) in [7, 11) is 1.40. The number of esters is 1. The van der Waals surface area contributed by atoms with E-state index in [0.29, 0.717) is 5.56 Å². The Hall–Kier alpha value is -2.34. The van der Waals surface area contributed by atoms with Gasteiger partial charge in [0.15, 0.2) is 0 Å². The molecular formula is C19H16BrN3O2. The van der Waals surface area contributed by atoms with Gasteiger partial charge < -0.3 is 4.74 Å². The first-order valence-electron chi connectivity index (χ1n) is 8.05. The van der Waals surface area contributed by atoms with Gasteiger partial charge in [0.05, 0.1) is 18.2 Å². The van der Waals surface area contributed by atoms with Crippen LogP contribution >= 0.6 is 15.9 Å². The SMILES string of the molecule is COC(=O)c1cc([C@H]2C[C@@H]2c2nccc(C)n2)nc2cc(Br)ccc12. The second-order valence-electron chi connectivity index (χ2n) is 6.25. The number of carbonyl (C=O) groups is 1. The molecule has 1 aliphatic carbocycles. The summed E-state index contributed by atoms with van der Waals surface area (Å²) in [5.41, 5.74) is 3.18. The van der Waals surface area contributed by atoms with E-state index in [9.17, 15) is 4.79 Å². The van der Waals surface area contributed by atoms with Crippen LogP contribution in [0.3, 0.4) is 0 Å². The minimum atomic E-state index is -0.347. The van der Waals surface area contributed by atoms with Crippen LogP contribution in [0.1, 0.15) is 45.8 Å². The van der Waals surface area contributed by atoms with Crippen LogP contribution < -0.4 is 0 Å². The van der Waals surface area contributed by atoms with Crippen molar-refractivity contribution in [2.45, 2.75) is 25.2 Å². The van der Waals surface area contributed by atoms with Crippen molar-refractivity contribution in [1.29, 1.82) is 0 Å². The van der Waals surface area contributed by atoms with Gasteiger partial charge in [-0.25, -0.2) is 14.8 Å². The molecule has 0 saturated heterocycles. The fraction of sp³-hybridized carbons (Fsp3) is 0.263. The molecule has 0 radical (unpaired) electrons. The summed E-state index contributed by atoms with van der Waals surface area (Å²) >= 11 is 3.47. The monoisotopic (exact) mass is 397 g/mol. The third-order valence-electron chi connectivity index (χ3n) is 4.51. The fourth-order valence-electron chi connectivity index (χ4n) is 3.15. The fourth-order valence-corrected chi connectivity index (χ4v) is 3.49. The normalized spacial score (nSPS) is 19.0. The van der Waals surface area contributed by atoms with Crippen LogP contribution in [0.5, 0.6) is 0 Å². The lowest BCUT2D eigenvalue weighted by Gasteiger charge is -2.09. The maximum Gasteiger partial charge on any atom is 0.338 e. The molecule has 4 rings (SSSR count). The van der Waals surface area contributed by atoms with Crippen LogP contribution in [0.4, 0.5) is 0 Å². The number of carbonyl (C=O) groups excluding carboxylic acids is 1. The number of pyridine rings is 1. The lowest BCUT2D eigenvalue weighted by Crippen LogP contribution is -2.05. The summed E-state index contributed by atoms with van der Waals surface area (Å²) in [6, 6.07) is 9.45. The predicted octanol–water partition coefficient (Wildman–Crippen LogP) is 4.15. The van der Waals surface area contributed by atoms with Gasteiger partial charge in [-0.15, -0.1) is 0 Å². The summed E-state index contributed by atoms with van der Waals surface area (Å²) in [6.07, 6.45) is 2.73. The van der Waals surface area contributed by atoms with Crippen molar-refractivity contribution in [2.24, 2.45) is 0 Å². The Labute approximate surface area is 153 Å². The maximum atomic E-state index is 12.2. The number of fused-ring (bicyclic) bond motifs is 1. The third-order valence-corrected chi connectivity index (χ3v) is 5.01. The quantitative estimate of drug-likeness (QED) is 0.620. The summed E-state index contributed by atoms with van der Waals surface area (Å²) in [5, 5.41) is 0.794. The second-order valence-corrected chi connectivity index (χ2v) is 7.17. The van der Waals surface area contributed by atoms with E-state index in [-0.39, 0.29) is 17.8 Å². The zero-order chi connectivity index (χ0) is 17.6. The van der Waals surface area contributed by atoms with E-state index in [2.05, 4.69) is 25.9 Å². The highest BCUT2D eigenvalue weighted by Gasteiger charge is 2.43. The smallest absolute Gasteiger partial charge is 0.338 e. The van der Waals surface area contributed by atoms with Crippen LogP contribution in [0.2, 0.25) is 0 Å². The van der Waals surface area contributed by atoms with Gasteiger partial charge in [-0.3, -0.25) is 4.98 Å². The van der Waals surface area contributed by atoms with Crippen molar-refractivity contribution in [1.82, 2.24) is 15.0 Å². The number of hydrogen-bond acceptors (Lipinski definition) is 5. The molecule has 6 heteroatoms. The highest BCUT2D eigenvalue weighted by Crippen LogP contribution is 2.53.